The van der Waals surface area contributed by atoms with E-state index in [4.69, 9.17) is 4.74 Å². The Hall–Kier alpha value is -2.32. The maximum absolute atomic E-state index is 12.8. The van der Waals surface area contributed by atoms with Crippen molar-refractivity contribution in [2.75, 3.05) is 25.0 Å². The number of hydrogen-bond donors (Lipinski definition) is 1. The second-order valence-electron chi connectivity index (χ2n) is 5.76. The maximum Gasteiger partial charge on any atom is 0.267 e. The van der Waals surface area contributed by atoms with Crippen LogP contribution in [0.3, 0.4) is 0 Å². The molecule has 2 amide bonds. The minimum atomic E-state index is -0.687. The highest BCUT2D eigenvalue weighted by Crippen LogP contribution is 2.18. The Morgan fingerprint density at radius 1 is 1.36 bits per heavy atom. The van der Waals surface area contributed by atoms with Crippen LogP contribution in [0.2, 0.25) is 0 Å². The summed E-state index contributed by atoms with van der Waals surface area (Å²) in [6.45, 7) is 3.04. The highest BCUT2D eigenvalue weighted by molar-refractivity contribution is 7.08. The van der Waals surface area contributed by atoms with Gasteiger partial charge in [-0.2, -0.15) is 0 Å². The molecule has 1 fully saturated rings. The molecule has 132 valence electrons. The van der Waals surface area contributed by atoms with Gasteiger partial charge in [-0.3, -0.25) is 9.59 Å². The molecule has 1 aliphatic rings. The van der Waals surface area contributed by atoms with Crippen molar-refractivity contribution >= 4 is 29.0 Å². The van der Waals surface area contributed by atoms with Gasteiger partial charge in [0.15, 0.2) is 6.10 Å². The maximum atomic E-state index is 12.8. The molecule has 2 aromatic rings. The smallest absolute Gasteiger partial charge is 0.267 e. The number of anilines is 1. The van der Waals surface area contributed by atoms with E-state index in [-0.39, 0.29) is 18.4 Å². The number of nitrogens with zero attached hydrogens (tertiary/aromatic N) is 3. The third kappa shape index (κ3) is 4.21. The van der Waals surface area contributed by atoms with E-state index in [0.717, 1.165) is 30.1 Å². The molecule has 2 heterocycles. The summed E-state index contributed by atoms with van der Waals surface area (Å²) >= 11 is 1.11. The summed E-state index contributed by atoms with van der Waals surface area (Å²) in [5.74, 6) is -0.376. The Morgan fingerprint density at radius 2 is 2.16 bits per heavy atom. The largest absolute Gasteiger partial charge is 0.365 e. The minimum absolute atomic E-state index is 0.126. The summed E-state index contributed by atoms with van der Waals surface area (Å²) in [7, 11) is 0. The van der Waals surface area contributed by atoms with Gasteiger partial charge in [0.25, 0.3) is 11.8 Å². The van der Waals surface area contributed by atoms with E-state index in [1.54, 1.807) is 4.90 Å². The van der Waals surface area contributed by atoms with Gasteiger partial charge in [0.1, 0.15) is 4.88 Å². The van der Waals surface area contributed by atoms with Gasteiger partial charge < -0.3 is 15.0 Å². The quantitative estimate of drug-likeness (QED) is 0.881. The molecule has 1 aromatic carbocycles. The van der Waals surface area contributed by atoms with Gasteiger partial charge in [-0.05, 0) is 30.1 Å². The molecule has 1 N–H and O–H groups in total. The highest BCUT2D eigenvalue weighted by atomic mass is 32.1. The normalized spacial score (nSPS) is 17.3. The SMILES string of the molecule is CCCc1nnsc1C(=O)N1CCO[C@@H](C(=O)Nc2ccccc2)C1. The number of hydrogen-bond acceptors (Lipinski definition) is 6. The van der Waals surface area contributed by atoms with Crippen LogP contribution in [-0.4, -0.2) is 52.1 Å². The Morgan fingerprint density at radius 3 is 2.92 bits per heavy atom. The lowest BCUT2D eigenvalue weighted by Crippen LogP contribution is -2.50. The van der Waals surface area contributed by atoms with E-state index in [0.29, 0.717) is 23.7 Å². The lowest BCUT2D eigenvalue weighted by Gasteiger charge is -2.32. The standard InChI is InChI=1S/C17H20N4O3S/c1-2-6-13-15(25-20-19-13)17(23)21-9-10-24-14(11-21)16(22)18-12-7-4-3-5-8-12/h3-5,7-8,14H,2,6,9-11H2,1H3,(H,18,22)/t14-/m1/s1. The van der Waals surface area contributed by atoms with Crippen molar-refractivity contribution < 1.29 is 14.3 Å². The molecule has 0 unspecified atom stereocenters. The van der Waals surface area contributed by atoms with E-state index < -0.39 is 6.10 Å². The zero-order valence-corrected chi connectivity index (χ0v) is 14.8. The average Bonchev–Trinajstić information content (AvgIpc) is 3.10. The lowest BCUT2D eigenvalue weighted by atomic mass is 10.2. The van der Waals surface area contributed by atoms with E-state index in [9.17, 15) is 9.59 Å². The highest BCUT2D eigenvalue weighted by Gasteiger charge is 2.31. The number of aromatic nitrogens is 2. The van der Waals surface area contributed by atoms with Crippen LogP contribution in [0, 0.1) is 0 Å². The first-order valence-electron chi connectivity index (χ1n) is 8.27. The fourth-order valence-electron chi connectivity index (χ4n) is 2.65. The molecule has 25 heavy (non-hydrogen) atoms. The second-order valence-corrected chi connectivity index (χ2v) is 6.52. The molecule has 1 saturated heterocycles. The van der Waals surface area contributed by atoms with Gasteiger partial charge in [-0.25, -0.2) is 0 Å². The number of benzene rings is 1. The summed E-state index contributed by atoms with van der Waals surface area (Å²) in [4.78, 5) is 27.4. The van der Waals surface area contributed by atoms with Crippen molar-refractivity contribution in [2.24, 2.45) is 0 Å². The van der Waals surface area contributed by atoms with E-state index >= 15 is 0 Å². The topological polar surface area (TPSA) is 84.4 Å². The molecule has 0 saturated carbocycles. The van der Waals surface area contributed by atoms with Crippen molar-refractivity contribution in [3.05, 3.63) is 40.9 Å². The fourth-order valence-corrected chi connectivity index (χ4v) is 3.33. The number of morpholine rings is 1. The molecular weight excluding hydrogens is 340 g/mol. The molecule has 0 spiro atoms. The predicted molar refractivity (Wildman–Crippen MR) is 94.6 cm³/mol. The number of aryl methyl sites for hydroxylation is 1. The number of carbonyl (C=O) groups excluding carboxylic acids is 2. The van der Waals surface area contributed by atoms with Crippen LogP contribution in [0.15, 0.2) is 30.3 Å². The summed E-state index contributed by atoms with van der Waals surface area (Å²) in [5, 5.41) is 6.86. The Bertz CT molecular complexity index is 735. The van der Waals surface area contributed by atoms with Gasteiger partial charge in [-0.1, -0.05) is 36.0 Å². The molecule has 3 rings (SSSR count). The first-order chi connectivity index (χ1) is 12.2. The zero-order chi connectivity index (χ0) is 17.6. The van der Waals surface area contributed by atoms with Crippen LogP contribution >= 0.6 is 11.5 Å². The van der Waals surface area contributed by atoms with Crippen molar-refractivity contribution in [3.8, 4) is 0 Å². The molecule has 1 aromatic heterocycles. The predicted octanol–water partition coefficient (Wildman–Crippen LogP) is 1.97. The van der Waals surface area contributed by atoms with Gasteiger partial charge in [0, 0.05) is 12.2 Å². The fraction of sp³-hybridized carbons (Fsp3) is 0.412. The number of para-hydroxylation sites is 1. The number of carbonyl (C=O) groups is 2. The molecule has 0 radical (unpaired) electrons. The van der Waals surface area contributed by atoms with Gasteiger partial charge in [0.2, 0.25) is 0 Å². The van der Waals surface area contributed by atoms with Crippen LogP contribution in [0.5, 0.6) is 0 Å². The summed E-state index contributed by atoms with van der Waals surface area (Å²) in [6.07, 6.45) is 0.935. The monoisotopic (exact) mass is 360 g/mol. The molecule has 1 aliphatic heterocycles. The summed E-state index contributed by atoms with van der Waals surface area (Å²) in [5.41, 5.74) is 1.44. The first-order valence-corrected chi connectivity index (χ1v) is 9.04. The lowest BCUT2D eigenvalue weighted by molar-refractivity contribution is -0.131. The van der Waals surface area contributed by atoms with Gasteiger partial charge in [-0.15, -0.1) is 5.10 Å². The summed E-state index contributed by atoms with van der Waals surface area (Å²) in [6, 6.07) is 9.19. The third-order valence-corrected chi connectivity index (χ3v) is 4.68. The van der Waals surface area contributed by atoms with E-state index in [1.807, 2.05) is 37.3 Å². The van der Waals surface area contributed by atoms with Crippen LogP contribution in [0.25, 0.3) is 0 Å². The van der Waals surface area contributed by atoms with Crippen LogP contribution in [-0.2, 0) is 16.0 Å². The van der Waals surface area contributed by atoms with Crippen LogP contribution in [0.4, 0.5) is 5.69 Å². The van der Waals surface area contributed by atoms with Crippen molar-refractivity contribution in [1.82, 2.24) is 14.5 Å². The van der Waals surface area contributed by atoms with E-state index in [1.165, 1.54) is 0 Å². The molecule has 0 aliphatic carbocycles. The third-order valence-electron chi connectivity index (χ3n) is 3.92. The molecule has 7 nitrogen and oxygen atoms in total. The number of amides is 2. The Kier molecular flexibility index (Phi) is 5.72. The first kappa shape index (κ1) is 17.5. The van der Waals surface area contributed by atoms with Gasteiger partial charge >= 0.3 is 0 Å². The van der Waals surface area contributed by atoms with Crippen molar-refractivity contribution in [1.29, 1.82) is 0 Å². The zero-order valence-electron chi connectivity index (χ0n) is 14.0. The molecular formula is C17H20N4O3S. The summed E-state index contributed by atoms with van der Waals surface area (Å²) < 4.78 is 9.45. The average molecular weight is 360 g/mol. The Labute approximate surface area is 150 Å². The molecule has 0 bridgehead atoms. The van der Waals surface area contributed by atoms with Crippen LogP contribution in [0.1, 0.15) is 28.7 Å². The Balaban J connectivity index is 1.65. The minimum Gasteiger partial charge on any atom is -0.365 e. The number of rotatable bonds is 5. The van der Waals surface area contributed by atoms with Gasteiger partial charge in [0.05, 0.1) is 18.8 Å². The molecule has 8 heteroatoms. The number of nitrogens with one attached hydrogen (secondary N) is 1. The van der Waals surface area contributed by atoms with E-state index in [2.05, 4.69) is 14.9 Å². The molecule has 1 atom stereocenters. The number of ether oxygens (including phenoxy) is 1. The van der Waals surface area contributed by atoms with Crippen LogP contribution < -0.4 is 5.32 Å². The second kappa shape index (κ2) is 8.17. The van der Waals surface area contributed by atoms with Crippen molar-refractivity contribution in [2.45, 2.75) is 25.9 Å². The van der Waals surface area contributed by atoms with Crippen molar-refractivity contribution in [3.63, 3.8) is 0 Å².